The Morgan fingerprint density at radius 1 is 1.27 bits per heavy atom. The number of ether oxygens (including phenoxy) is 1. The molecule has 15 heavy (non-hydrogen) atoms. The molecule has 0 atom stereocenters. The molecule has 2 N–H and O–H groups in total. The van der Waals surface area contributed by atoms with E-state index in [1.807, 2.05) is 0 Å². The van der Waals surface area contributed by atoms with Gasteiger partial charge in [-0.15, -0.1) is 0 Å². The lowest BCUT2D eigenvalue weighted by molar-refractivity contribution is 0.213. The SMILES string of the molecule is NC1(COc2ccccc2F)CCCC1. The number of halogens is 1. The normalized spacial score (nSPS) is 19.1. The summed E-state index contributed by atoms with van der Waals surface area (Å²) in [7, 11) is 0. The van der Waals surface area contributed by atoms with E-state index in [0.717, 1.165) is 25.7 Å². The standard InChI is InChI=1S/C12H16FNO/c13-10-5-1-2-6-11(10)15-9-12(14)7-3-4-8-12/h1-2,5-6H,3-4,7-9,14H2. The van der Waals surface area contributed by atoms with Crippen LogP contribution in [-0.4, -0.2) is 12.1 Å². The summed E-state index contributed by atoms with van der Waals surface area (Å²) in [5.41, 5.74) is 5.86. The third kappa shape index (κ3) is 2.48. The first-order valence-electron chi connectivity index (χ1n) is 5.36. The van der Waals surface area contributed by atoms with Crippen LogP contribution in [0, 0.1) is 5.82 Å². The predicted molar refractivity (Wildman–Crippen MR) is 57.3 cm³/mol. The fraction of sp³-hybridized carbons (Fsp3) is 0.500. The Hall–Kier alpha value is -1.09. The van der Waals surface area contributed by atoms with Crippen LogP contribution >= 0.6 is 0 Å². The molecule has 1 saturated carbocycles. The van der Waals surface area contributed by atoms with Gasteiger partial charge in [-0.1, -0.05) is 25.0 Å². The van der Waals surface area contributed by atoms with Crippen molar-refractivity contribution in [3.63, 3.8) is 0 Å². The molecule has 0 spiro atoms. The van der Waals surface area contributed by atoms with Crippen molar-refractivity contribution < 1.29 is 9.13 Å². The lowest BCUT2D eigenvalue weighted by Crippen LogP contribution is -2.42. The molecule has 0 bridgehead atoms. The highest BCUT2D eigenvalue weighted by Gasteiger charge is 2.30. The van der Waals surface area contributed by atoms with Gasteiger partial charge in [-0.25, -0.2) is 4.39 Å². The Balaban J connectivity index is 1.95. The van der Waals surface area contributed by atoms with Crippen LogP contribution in [0.25, 0.3) is 0 Å². The lowest BCUT2D eigenvalue weighted by atomic mass is 10.0. The molecular weight excluding hydrogens is 193 g/mol. The fourth-order valence-corrected chi connectivity index (χ4v) is 2.01. The van der Waals surface area contributed by atoms with E-state index in [-0.39, 0.29) is 11.4 Å². The van der Waals surface area contributed by atoms with Crippen molar-refractivity contribution in [2.45, 2.75) is 31.2 Å². The molecule has 82 valence electrons. The number of para-hydroxylation sites is 1. The lowest BCUT2D eigenvalue weighted by Gasteiger charge is -2.23. The van der Waals surface area contributed by atoms with E-state index in [4.69, 9.17) is 10.5 Å². The quantitative estimate of drug-likeness (QED) is 0.830. The Labute approximate surface area is 89.2 Å². The molecule has 2 nitrogen and oxygen atoms in total. The van der Waals surface area contributed by atoms with E-state index in [2.05, 4.69) is 0 Å². The van der Waals surface area contributed by atoms with Crippen LogP contribution < -0.4 is 10.5 Å². The average Bonchev–Trinajstić information content (AvgIpc) is 2.65. The van der Waals surface area contributed by atoms with Crippen LogP contribution in [0.3, 0.4) is 0 Å². The second kappa shape index (κ2) is 4.19. The summed E-state index contributed by atoms with van der Waals surface area (Å²) in [6, 6.07) is 6.44. The van der Waals surface area contributed by atoms with Crippen molar-refractivity contribution in [3.05, 3.63) is 30.1 Å². The van der Waals surface area contributed by atoms with Gasteiger partial charge in [0.05, 0.1) is 5.54 Å². The van der Waals surface area contributed by atoms with Gasteiger partial charge in [0.25, 0.3) is 0 Å². The fourth-order valence-electron chi connectivity index (χ4n) is 2.01. The smallest absolute Gasteiger partial charge is 0.165 e. The van der Waals surface area contributed by atoms with Gasteiger partial charge in [0, 0.05) is 0 Å². The summed E-state index contributed by atoms with van der Waals surface area (Å²) in [5, 5.41) is 0. The molecule has 0 amide bonds. The highest BCUT2D eigenvalue weighted by Crippen LogP contribution is 2.28. The molecule has 0 saturated heterocycles. The van der Waals surface area contributed by atoms with Gasteiger partial charge in [-0.2, -0.15) is 0 Å². The van der Waals surface area contributed by atoms with Gasteiger partial charge in [0.15, 0.2) is 11.6 Å². The maximum absolute atomic E-state index is 13.2. The second-order valence-corrected chi connectivity index (χ2v) is 4.29. The summed E-state index contributed by atoms with van der Waals surface area (Å²) < 4.78 is 18.6. The monoisotopic (exact) mass is 209 g/mol. The predicted octanol–water partition coefficient (Wildman–Crippen LogP) is 2.48. The van der Waals surface area contributed by atoms with Crippen molar-refractivity contribution in [2.24, 2.45) is 5.73 Å². The highest BCUT2D eigenvalue weighted by atomic mass is 19.1. The number of benzene rings is 1. The van der Waals surface area contributed by atoms with Gasteiger partial charge in [0.2, 0.25) is 0 Å². The summed E-state index contributed by atoms with van der Waals surface area (Å²) in [5.74, 6) is -0.0201. The van der Waals surface area contributed by atoms with E-state index in [1.54, 1.807) is 18.2 Å². The van der Waals surface area contributed by atoms with Crippen LogP contribution in [0.4, 0.5) is 4.39 Å². The molecular formula is C12H16FNO. The summed E-state index contributed by atoms with van der Waals surface area (Å²) in [6.07, 6.45) is 4.25. The topological polar surface area (TPSA) is 35.2 Å². The van der Waals surface area contributed by atoms with Gasteiger partial charge in [-0.05, 0) is 25.0 Å². The van der Waals surface area contributed by atoms with E-state index in [1.165, 1.54) is 6.07 Å². The van der Waals surface area contributed by atoms with Gasteiger partial charge in [-0.3, -0.25) is 0 Å². The average molecular weight is 209 g/mol. The van der Waals surface area contributed by atoms with Gasteiger partial charge in [0.1, 0.15) is 6.61 Å². The summed E-state index contributed by atoms with van der Waals surface area (Å²) in [4.78, 5) is 0. The van der Waals surface area contributed by atoms with Crippen LogP contribution in [0.2, 0.25) is 0 Å². The number of nitrogens with two attached hydrogens (primary N) is 1. The zero-order valence-electron chi connectivity index (χ0n) is 8.71. The first kappa shape index (κ1) is 10.4. The largest absolute Gasteiger partial charge is 0.489 e. The van der Waals surface area contributed by atoms with Gasteiger partial charge >= 0.3 is 0 Å². The first-order chi connectivity index (χ1) is 7.20. The zero-order valence-corrected chi connectivity index (χ0v) is 8.71. The number of hydrogen-bond acceptors (Lipinski definition) is 2. The van der Waals surface area contributed by atoms with E-state index in [9.17, 15) is 4.39 Å². The third-order valence-electron chi connectivity index (χ3n) is 2.95. The van der Waals surface area contributed by atoms with E-state index < -0.39 is 0 Å². The van der Waals surface area contributed by atoms with E-state index >= 15 is 0 Å². The molecule has 0 aliphatic heterocycles. The third-order valence-corrected chi connectivity index (χ3v) is 2.95. The van der Waals surface area contributed by atoms with Crippen LogP contribution in [0.5, 0.6) is 5.75 Å². The minimum atomic E-state index is -0.320. The van der Waals surface area contributed by atoms with Gasteiger partial charge < -0.3 is 10.5 Å². The van der Waals surface area contributed by atoms with Crippen molar-refractivity contribution in [1.82, 2.24) is 0 Å². The molecule has 0 unspecified atom stereocenters. The Kier molecular flexibility index (Phi) is 2.91. The number of rotatable bonds is 3. The summed E-state index contributed by atoms with van der Waals surface area (Å²) >= 11 is 0. The number of hydrogen-bond donors (Lipinski definition) is 1. The van der Waals surface area contributed by atoms with E-state index in [0.29, 0.717) is 12.4 Å². The second-order valence-electron chi connectivity index (χ2n) is 4.29. The minimum absolute atomic E-state index is 0.248. The van der Waals surface area contributed by atoms with Crippen LogP contribution in [0.1, 0.15) is 25.7 Å². The Morgan fingerprint density at radius 3 is 2.60 bits per heavy atom. The Morgan fingerprint density at radius 2 is 1.93 bits per heavy atom. The molecule has 1 aromatic carbocycles. The van der Waals surface area contributed by atoms with Crippen molar-refractivity contribution in [2.75, 3.05) is 6.61 Å². The van der Waals surface area contributed by atoms with Crippen LogP contribution in [0.15, 0.2) is 24.3 Å². The molecule has 2 rings (SSSR count). The van der Waals surface area contributed by atoms with Crippen molar-refractivity contribution in [1.29, 1.82) is 0 Å². The minimum Gasteiger partial charge on any atom is -0.489 e. The molecule has 0 heterocycles. The molecule has 3 heteroatoms. The molecule has 1 aliphatic carbocycles. The first-order valence-corrected chi connectivity index (χ1v) is 5.36. The Bertz CT molecular complexity index is 334. The molecule has 0 aromatic heterocycles. The maximum atomic E-state index is 13.2. The highest BCUT2D eigenvalue weighted by molar-refractivity contribution is 5.23. The molecule has 1 aromatic rings. The van der Waals surface area contributed by atoms with Crippen molar-refractivity contribution in [3.8, 4) is 5.75 Å². The molecule has 0 radical (unpaired) electrons. The molecule has 1 aliphatic rings. The maximum Gasteiger partial charge on any atom is 0.165 e. The van der Waals surface area contributed by atoms with Crippen molar-refractivity contribution >= 4 is 0 Å². The van der Waals surface area contributed by atoms with Crippen LogP contribution in [-0.2, 0) is 0 Å². The molecule has 1 fully saturated rings. The summed E-state index contributed by atoms with van der Waals surface area (Å²) in [6.45, 7) is 0.411. The zero-order chi connectivity index (χ0) is 10.7.